The van der Waals surface area contributed by atoms with Gasteiger partial charge in [0.2, 0.25) is 0 Å². The van der Waals surface area contributed by atoms with Gasteiger partial charge in [-0.2, -0.15) is 0 Å². The number of hydrogen-bond donors (Lipinski definition) is 2. The highest BCUT2D eigenvalue weighted by Crippen LogP contribution is 2.27. The van der Waals surface area contributed by atoms with Crippen molar-refractivity contribution in [3.8, 4) is 5.69 Å². The van der Waals surface area contributed by atoms with Crippen LogP contribution in [0.2, 0.25) is 4.34 Å². The molecule has 1 atom stereocenters. The summed E-state index contributed by atoms with van der Waals surface area (Å²) in [5, 5.41) is 11.8. The number of thiophene rings is 1. The van der Waals surface area contributed by atoms with Gasteiger partial charge in [-0.05, 0) is 55.7 Å². The lowest BCUT2D eigenvalue weighted by Gasteiger charge is -2.18. The number of cyclic esters (lactones) is 1. The molecule has 4 rings (SSSR count). The molecule has 1 aliphatic rings. The molecule has 2 amide bonds. The number of nitrogens with zero attached hydrogens (tertiary/aromatic N) is 2. The summed E-state index contributed by atoms with van der Waals surface area (Å²) in [4.78, 5) is 40.1. The Morgan fingerprint density at radius 2 is 2.03 bits per heavy atom. The third-order valence-electron chi connectivity index (χ3n) is 6.23. The topological polar surface area (TPSA) is 110 Å². The summed E-state index contributed by atoms with van der Waals surface area (Å²) < 4.78 is 13.0. The second kappa shape index (κ2) is 13.1. The van der Waals surface area contributed by atoms with Crippen LogP contribution in [0.15, 0.2) is 53.5 Å². The Bertz CT molecular complexity index is 1340. The van der Waals surface area contributed by atoms with Crippen molar-refractivity contribution in [3.63, 3.8) is 0 Å². The van der Waals surface area contributed by atoms with E-state index >= 15 is 0 Å². The van der Waals surface area contributed by atoms with E-state index < -0.39 is 12.2 Å². The number of carbonyl (C=O) groups is 2. The first-order valence-electron chi connectivity index (χ1n) is 12.4. The molecule has 1 fully saturated rings. The number of hydrogen-bond acceptors (Lipinski definition) is 7. The van der Waals surface area contributed by atoms with Crippen LogP contribution in [-0.2, 0) is 22.5 Å². The van der Waals surface area contributed by atoms with E-state index in [0.29, 0.717) is 32.6 Å². The maximum atomic E-state index is 13.2. The minimum absolute atomic E-state index is 0.106. The molecule has 0 radical (unpaired) electrons. The summed E-state index contributed by atoms with van der Waals surface area (Å²) in [6.45, 7) is 0.817. The summed E-state index contributed by atoms with van der Waals surface area (Å²) in [5.41, 5.74) is 2.62. The zero-order valence-electron chi connectivity index (χ0n) is 21.0. The summed E-state index contributed by atoms with van der Waals surface area (Å²) in [5.74, 6) is -0.274. The number of aliphatic hydroxyl groups excluding tert-OH is 1. The van der Waals surface area contributed by atoms with Gasteiger partial charge in [0.1, 0.15) is 6.10 Å². The van der Waals surface area contributed by atoms with Crippen LogP contribution >= 0.6 is 22.9 Å². The van der Waals surface area contributed by atoms with Gasteiger partial charge in [-0.25, -0.2) is 4.79 Å². The van der Waals surface area contributed by atoms with Crippen molar-refractivity contribution in [3.05, 3.63) is 79.4 Å². The molecule has 0 aliphatic carbocycles. The number of ether oxygens (including phenoxy) is 2. The highest BCUT2D eigenvalue weighted by Gasteiger charge is 2.33. The van der Waals surface area contributed by atoms with Crippen molar-refractivity contribution in [2.24, 2.45) is 0 Å². The van der Waals surface area contributed by atoms with E-state index in [4.69, 9.17) is 26.2 Å². The van der Waals surface area contributed by atoms with Crippen LogP contribution in [-0.4, -0.2) is 54.6 Å². The fourth-order valence-electron chi connectivity index (χ4n) is 4.34. The number of benzene rings is 1. The number of anilines is 1. The van der Waals surface area contributed by atoms with Gasteiger partial charge in [0.05, 0.1) is 34.6 Å². The first-order valence-corrected chi connectivity index (χ1v) is 13.6. The van der Waals surface area contributed by atoms with Gasteiger partial charge in [-0.15, -0.1) is 11.3 Å². The molecule has 0 bridgehead atoms. The SMILES string of the molecule is COCc1cc(N2C[C@H](CNC(=O)c3ccc(Cl)s3)OC2=O)ccc1-n1cccc(CCCCCO)c1=O. The van der Waals surface area contributed by atoms with Crippen molar-refractivity contribution in [2.45, 2.75) is 38.4 Å². The van der Waals surface area contributed by atoms with Gasteiger partial charge >= 0.3 is 6.09 Å². The van der Waals surface area contributed by atoms with Crippen molar-refractivity contribution in [1.82, 2.24) is 9.88 Å². The van der Waals surface area contributed by atoms with Gasteiger partial charge in [-0.1, -0.05) is 24.1 Å². The monoisotopic (exact) mass is 559 g/mol. The van der Waals surface area contributed by atoms with Gasteiger partial charge in [0, 0.05) is 36.7 Å². The third-order valence-corrected chi connectivity index (χ3v) is 7.46. The predicted molar refractivity (Wildman–Crippen MR) is 147 cm³/mol. The quantitative estimate of drug-likeness (QED) is 0.322. The molecule has 0 spiro atoms. The van der Waals surface area contributed by atoms with E-state index in [1.54, 1.807) is 42.1 Å². The van der Waals surface area contributed by atoms with Crippen molar-refractivity contribution in [2.75, 3.05) is 31.7 Å². The average molecular weight is 560 g/mol. The van der Waals surface area contributed by atoms with Crippen LogP contribution in [0.25, 0.3) is 5.69 Å². The van der Waals surface area contributed by atoms with Crippen LogP contribution in [0.5, 0.6) is 0 Å². The lowest BCUT2D eigenvalue weighted by Crippen LogP contribution is -2.34. The Morgan fingerprint density at radius 1 is 1.18 bits per heavy atom. The average Bonchev–Trinajstić information content (AvgIpc) is 3.51. The number of rotatable bonds is 12. The lowest BCUT2D eigenvalue weighted by atomic mass is 10.1. The Balaban J connectivity index is 1.48. The number of methoxy groups -OCH3 is 1. The van der Waals surface area contributed by atoms with E-state index in [0.717, 1.165) is 24.8 Å². The Hall–Kier alpha value is -3.18. The molecule has 2 N–H and O–H groups in total. The molecular formula is C27H30ClN3O6S. The normalized spacial score (nSPS) is 15.1. The smallest absolute Gasteiger partial charge is 0.414 e. The van der Waals surface area contributed by atoms with E-state index in [-0.39, 0.29) is 37.8 Å². The molecular weight excluding hydrogens is 530 g/mol. The van der Waals surface area contributed by atoms with Gasteiger partial charge in [0.25, 0.3) is 11.5 Å². The Labute approximate surface area is 229 Å². The zero-order chi connectivity index (χ0) is 27.1. The molecule has 2 aromatic heterocycles. The third kappa shape index (κ3) is 6.63. The highest BCUT2D eigenvalue weighted by molar-refractivity contribution is 7.18. The number of aromatic nitrogens is 1. The summed E-state index contributed by atoms with van der Waals surface area (Å²) >= 11 is 7.08. The molecule has 11 heteroatoms. The molecule has 0 saturated carbocycles. The van der Waals surface area contributed by atoms with E-state index in [2.05, 4.69) is 5.32 Å². The first kappa shape index (κ1) is 27.8. The molecule has 38 heavy (non-hydrogen) atoms. The van der Waals surface area contributed by atoms with Crippen LogP contribution in [0.3, 0.4) is 0 Å². The second-order valence-corrected chi connectivity index (χ2v) is 10.6. The van der Waals surface area contributed by atoms with E-state index in [1.807, 2.05) is 18.2 Å². The van der Waals surface area contributed by atoms with Gasteiger partial charge in [0.15, 0.2) is 0 Å². The number of amides is 2. The maximum Gasteiger partial charge on any atom is 0.414 e. The standard InChI is InChI=1S/C27H30ClN3O6S/c1-36-17-19-14-20(8-9-22(19)30-12-5-7-18(26(30)34)6-3-2-4-13-32)31-16-21(37-27(31)35)15-29-25(33)23-10-11-24(28)38-23/h5,7-12,14,21,32H,2-4,6,13,15-17H2,1H3,(H,29,33)/t21-/m0/s1. The fraction of sp³-hybridized carbons (Fsp3) is 0.370. The van der Waals surface area contributed by atoms with E-state index in [1.165, 1.54) is 16.2 Å². The predicted octanol–water partition coefficient (Wildman–Crippen LogP) is 4.16. The number of halogens is 1. The number of carbonyl (C=O) groups excluding carboxylic acids is 2. The number of nitrogens with one attached hydrogen (secondary N) is 1. The van der Waals surface area contributed by atoms with Gasteiger partial charge < -0.3 is 19.9 Å². The summed E-state index contributed by atoms with van der Waals surface area (Å²) in [6, 6.07) is 12.3. The molecule has 3 aromatic rings. The molecule has 202 valence electrons. The Kier molecular flexibility index (Phi) is 9.57. The summed E-state index contributed by atoms with van der Waals surface area (Å²) in [7, 11) is 1.57. The maximum absolute atomic E-state index is 13.2. The van der Waals surface area contributed by atoms with Crippen molar-refractivity contribution < 1.29 is 24.2 Å². The van der Waals surface area contributed by atoms with Gasteiger partial charge in [-0.3, -0.25) is 19.1 Å². The summed E-state index contributed by atoms with van der Waals surface area (Å²) in [6.07, 6.45) is 3.72. The molecule has 1 aliphatic heterocycles. The van der Waals surface area contributed by atoms with Crippen LogP contribution in [0.4, 0.5) is 10.5 Å². The molecule has 1 aromatic carbocycles. The minimum Gasteiger partial charge on any atom is -0.442 e. The minimum atomic E-state index is -0.516. The fourth-order valence-corrected chi connectivity index (χ4v) is 5.30. The van der Waals surface area contributed by atoms with E-state index in [9.17, 15) is 14.4 Å². The molecule has 1 saturated heterocycles. The molecule has 0 unspecified atom stereocenters. The van der Waals surface area contributed by atoms with Crippen LogP contribution < -0.4 is 15.8 Å². The second-order valence-electron chi connectivity index (χ2n) is 8.92. The van der Waals surface area contributed by atoms with Crippen LogP contribution in [0.1, 0.15) is 40.1 Å². The number of unbranched alkanes of at least 4 members (excludes halogenated alkanes) is 2. The lowest BCUT2D eigenvalue weighted by molar-refractivity contribution is 0.0920. The zero-order valence-corrected chi connectivity index (χ0v) is 22.6. The number of aliphatic hydroxyl groups is 1. The largest absolute Gasteiger partial charge is 0.442 e. The highest BCUT2D eigenvalue weighted by atomic mass is 35.5. The van der Waals surface area contributed by atoms with Crippen LogP contribution in [0, 0.1) is 0 Å². The number of aryl methyl sites for hydroxylation is 1. The first-order chi connectivity index (χ1) is 18.4. The number of pyridine rings is 1. The molecule has 3 heterocycles. The van der Waals surface area contributed by atoms with Crippen molar-refractivity contribution >= 4 is 40.6 Å². The van der Waals surface area contributed by atoms with Crippen molar-refractivity contribution in [1.29, 1.82) is 0 Å². The molecule has 9 nitrogen and oxygen atoms in total. The Morgan fingerprint density at radius 3 is 2.76 bits per heavy atom.